The van der Waals surface area contributed by atoms with Gasteiger partial charge in [0.25, 0.3) is 0 Å². The number of allylic oxidation sites excluding steroid dienone is 3. The van der Waals surface area contributed by atoms with Crippen LogP contribution in [-0.2, 0) is 66.4 Å². The lowest BCUT2D eigenvalue weighted by Gasteiger charge is -2.73. The highest BCUT2D eigenvalue weighted by molar-refractivity contribution is 5.89. The van der Waals surface area contributed by atoms with E-state index in [-0.39, 0.29) is 35.8 Å². The van der Waals surface area contributed by atoms with Gasteiger partial charge in [-0.15, -0.1) is 0 Å². The molecule has 5 heterocycles. The van der Waals surface area contributed by atoms with Crippen molar-refractivity contribution in [3.05, 3.63) is 34.9 Å². The summed E-state index contributed by atoms with van der Waals surface area (Å²) < 4.78 is 73.8. The van der Waals surface area contributed by atoms with Crippen molar-refractivity contribution in [1.29, 1.82) is 0 Å². The first kappa shape index (κ1) is 80.6. The Morgan fingerprint density at radius 3 is 1.50 bits per heavy atom. The van der Waals surface area contributed by atoms with Gasteiger partial charge in [0.05, 0.1) is 63.4 Å². The summed E-state index contributed by atoms with van der Waals surface area (Å²) in [4.78, 5) is 27.7. The van der Waals surface area contributed by atoms with E-state index < -0.39 is 268 Å². The molecule has 0 aromatic carbocycles. The van der Waals surface area contributed by atoms with Crippen LogP contribution >= 0.6 is 0 Å². The standard InChI is InChI=1S/C69H110O32/c1-12-27(3)57(88)100-55-56(101-58(89)28(4)13-2)69(26-73)30(20-64(55,5)6)29-14-15-37-66(9)18-17-38(65(7,8)36(66)16-19-67(37,10)68(29,11)53(86)54(69)87)96-63-52(99-62-47(83)44(80)41(77)34(23-72)94-62)48(84)51(98-61-46(82)43(79)40(76)33(22-71)93-61)35(95-63)25-91-59-49(85)50(31(74)24-90-59)97-60-45(81)42(78)39(75)32(21-70)92-60/h12-14,30-56,59-63,70-87H,15-26H2,1-11H3/b27-12+,28-13+/t30?,31-,32+,33+,34+,35+,36?,37?,38-,39+,40+,41+,42-,43-,44-,45+,46+,47+,48-,49+,50-,51+,52+,53-,54+,55-,56-,59-,60-,61-,62-,63-,66-,67+,68-,69-/m0/s1. The third-order valence-electron chi connectivity index (χ3n) is 25.6. The fraction of sp³-hybridized carbons (Fsp3) is 0.884. The molecule has 0 radical (unpaired) electrons. The topological polar surface area (TPSA) is 509 Å². The molecule has 0 amide bonds. The molecule has 10 rings (SSSR count). The lowest BCUT2D eigenvalue weighted by Crippen LogP contribution is -2.76. The van der Waals surface area contributed by atoms with Gasteiger partial charge < -0.3 is 149 Å². The number of aliphatic hydroxyl groups excluding tert-OH is 18. The predicted molar refractivity (Wildman–Crippen MR) is 341 cm³/mol. The van der Waals surface area contributed by atoms with Crippen molar-refractivity contribution < 1.29 is 158 Å². The van der Waals surface area contributed by atoms with Crippen LogP contribution in [0.1, 0.15) is 115 Å². The molecule has 5 saturated heterocycles. The van der Waals surface area contributed by atoms with Crippen LogP contribution in [0.3, 0.4) is 0 Å². The van der Waals surface area contributed by atoms with Crippen LogP contribution in [0.2, 0.25) is 0 Å². The summed E-state index contributed by atoms with van der Waals surface area (Å²) >= 11 is 0. The fourth-order valence-corrected chi connectivity index (χ4v) is 19.1. The SMILES string of the molecule is C/C=C(\C)C(=O)O[C@H]1[C@H](OC(=O)/C(C)=C/C)[C@@]2(CO)C(CC1(C)C)C1=CCC3[C@@]4(C)CC[C@H](O[C@@H]5O[C@H](CO[C@@H]6OC[C@H](O)[C@H](O[C@@H]7O[C@H](CO)[C@@H](O)[C@H](O)[C@H]7O)[C@H]6O)[C@@H](O[C@@H]6O[C@H](CO)[C@@H](O)[C@H](O)[C@H]6O)[C@H](O)[C@H]5O[C@@H]5O[C@H](CO)[C@@H](O)[C@H](O)[C@H]5O)C(C)(C)C4CC[C@@]3(C)[C@]1(C)[C@@H](O)[C@H]2O. The monoisotopic (exact) mass is 1450 g/mol. The Balaban J connectivity index is 0.979. The zero-order valence-corrected chi connectivity index (χ0v) is 59.0. The van der Waals surface area contributed by atoms with Crippen LogP contribution in [0, 0.1) is 50.2 Å². The van der Waals surface area contributed by atoms with E-state index in [0.717, 1.165) is 5.57 Å². The number of aliphatic hydroxyl groups is 18. The smallest absolute Gasteiger partial charge is 0.333 e. The quantitative estimate of drug-likeness (QED) is 0.0252. The van der Waals surface area contributed by atoms with Crippen LogP contribution in [0.4, 0.5) is 0 Å². The second-order valence-corrected chi connectivity index (χ2v) is 31.7. The molecule has 578 valence electrons. The van der Waals surface area contributed by atoms with Crippen LogP contribution in [0.5, 0.6) is 0 Å². The van der Waals surface area contributed by atoms with E-state index in [1.54, 1.807) is 39.8 Å². The lowest BCUT2D eigenvalue weighted by atomic mass is 9.32. The van der Waals surface area contributed by atoms with Crippen LogP contribution < -0.4 is 0 Å². The average molecular weight is 1450 g/mol. The number of carbonyl (C=O) groups is 2. The summed E-state index contributed by atoms with van der Waals surface area (Å²) in [6.45, 7) is 15.7. The van der Waals surface area contributed by atoms with E-state index in [0.29, 0.717) is 25.7 Å². The van der Waals surface area contributed by atoms with E-state index in [9.17, 15) is 102 Å². The van der Waals surface area contributed by atoms with E-state index in [1.807, 2.05) is 34.6 Å². The second kappa shape index (κ2) is 30.6. The molecule has 0 spiro atoms. The van der Waals surface area contributed by atoms with Crippen molar-refractivity contribution in [2.75, 3.05) is 39.6 Å². The number of carbonyl (C=O) groups excluding carboxylic acids is 2. The molecule has 32 nitrogen and oxygen atoms in total. The molecular formula is C69H110O32. The van der Waals surface area contributed by atoms with Gasteiger partial charge in [0.15, 0.2) is 37.6 Å². The lowest BCUT2D eigenvalue weighted by molar-refractivity contribution is -0.399. The first-order chi connectivity index (χ1) is 47.4. The average Bonchev–Trinajstić information content (AvgIpc) is 0.661. The van der Waals surface area contributed by atoms with Gasteiger partial charge in [-0.1, -0.05) is 72.3 Å². The van der Waals surface area contributed by atoms with Crippen LogP contribution in [0.25, 0.3) is 0 Å². The third-order valence-corrected chi connectivity index (χ3v) is 25.6. The van der Waals surface area contributed by atoms with Gasteiger partial charge in [-0.3, -0.25) is 0 Å². The van der Waals surface area contributed by atoms with Gasteiger partial charge in [0, 0.05) is 22.0 Å². The normalized spacial score (nSPS) is 50.7. The van der Waals surface area contributed by atoms with E-state index in [2.05, 4.69) is 19.9 Å². The molecule has 101 heavy (non-hydrogen) atoms. The van der Waals surface area contributed by atoms with Crippen molar-refractivity contribution in [1.82, 2.24) is 0 Å². The minimum Gasteiger partial charge on any atom is -0.454 e. The molecule has 9 fully saturated rings. The summed E-state index contributed by atoms with van der Waals surface area (Å²) in [5.41, 5.74) is -4.88. The highest BCUT2D eigenvalue weighted by atomic mass is 16.8. The molecular weight excluding hydrogens is 1340 g/mol. The van der Waals surface area contributed by atoms with Crippen LogP contribution in [0.15, 0.2) is 34.9 Å². The molecule has 4 saturated carbocycles. The number of ether oxygens (including phenoxy) is 12. The summed E-state index contributed by atoms with van der Waals surface area (Å²) in [6, 6.07) is 0. The molecule has 3 unspecified atom stereocenters. The van der Waals surface area contributed by atoms with E-state index in [4.69, 9.17) is 56.8 Å². The molecule has 36 atom stereocenters. The molecule has 32 heteroatoms. The Morgan fingerprint density at radius 2 is 1.01 bits per heavy atom. The van der Waals surface area contributed by atoms with Crippen molar-refractivity contribution in [3.8, 4) is 0 Å². The van der Waals surface area contributed by atoms with Crippen LogP contribution in [-0.4, -0.2) is 321 Å². The van der Waals surface area contributed by atoms with Gasteiger partial charge in [-0.2, -0.15) is 0 Å². The number of rotatable bonds is 19. The van der Waals surface area contributed by atoms with E-state index >= 15 is 0 Å². The van der Waals surface area contributed by atoms with Gasteiger partial charge >= 0.3 is 11.9 Å². The largest absolute Gasteiger partial charge is 0.454 e. The Kier molecular flexibility index (Phi) is 24.4. The van der Waals surface area contributed by atoms with Gasteiger partial charge in [-0.25, -0.2) is 9.59 Å². The molecule has 5 aliphatic carbocycles. The summed E-state index contributed by atoms with van der Waals surface area (Å²) in [5.74, 6) is -2.60. The first-order valence-electron chi connectivity index (χ1n) is 35.2. The van der Waals surface area contributed by atoms with Crippen molar-refractivity contribution in [3.63, 3.8) is 0 Å². The third kappa shape index (κ3) is 13.7. The fourth-order valence-electron chi connectivity index (χ4n) is 19.1. The Hall–Kier alpha value is -2.96. The number of esters is 2. The number of hydrogen-bond donors (Lipinski definition) is 18. The van der Waals surface area contributed by atoms with Crippen molar-refractivity contribution in [2.45, 2.75) is 293 Å². The van der Waals surface area contributed by atoms with Crippen molar-refractivity contribution >= 4 is 11.9 Å². The highest BCUT2D eigenvalue weighted by Crippen LogP contribution is 2.76. The van der Waals surface area contributed by atoms with Crippen molar-refractivity contribution in [2.24, 2.45) is 50.2 Å². The second-order valence-electron chi connectivity index (χ2n) is 31.7. The summed E-state index contributed by atoms with van der Waals surface area (Å²) in [7, 11) is 0. The maximum atomic E-state index is 14.0. The van der Waals surface area contributed by atoms with Gasteiger partial charge in [-0.05, 0) is 100 Å². The first-order valence-corrected chi connectivity index (χ1v) is 35.2. The van der Waals surface area contributed by atoms with Gasteiger partial charge in [0.2, 0.25) is 0 Å². The number of hydrogen-bond acceptors (Lipinski definition) is 32. The zero-order valence-electron chi connectivity index (χ0n) is 59.0. The van der Waals surface area contributed by atoms with E-state index in [1.165, 1.54) is 0 Å². The predicted octanol–water partition coefficient (Wildman–Crippen LogP) is -4.18. The summed E-state index contributed by atoms with van der Waals surface area (Å²) in [6.07, 6.45) is -43.7. The Morgan fingerprint density at radius 1 is 0.525 bits per heavy atom. The molecule has 0 aromatic rings. The minimum atomic E-state index is -2.13. The Labute approximate surface area is 585 Å². The number of fused-ring (bicyclic) bond motifs is 7. The zero-order chi connectivity index (χ0) is 74.5. The minimum absolute atomic E-state index is 0.219. The molecule has 0 aromatic heterocycles. The summed E-state index contributed by atoms with van der Waals surface area (Å²) in [5, 5.41) is 202. The van der Waals surface area contributed by atoms with Gasteiger partial charge in [0.1, 0.15) is 122 Å². The maximum Gasteiger partial charge on any atom is 0.333 e. The maximum absolute atomic E-state index is 14.0. The molecule has 0 bridgehead atoms. The molecule has 18 N–H and O–H groups in total. The highest BCUT2D eigenvalue weighted by Gasteiger charge is 2.77. The molecule has 10 aliphatic rings. The molecule has 5 aliphatic heterocycles. The Bertz CT molecular complexity index is 2960.